The molecule has 1 aliphatic heterocycles. The normalized spacial score (nSPS) is 15.9. The van der Waals surface area contributed by atoms with Crippen molar-refractivity contribution >= 4 is 29.4 Å². The van der Waals surface area contributed by atoms with E-state index in [1.54, 1.807) is 32.9 Å². The molecule has 2 aromatic rings. The van der Waals surface area contributed by atoms with E-state index >= 15 is 0 Å². The van der Waals surface area contributed by atoms with Crippen molar-refractivity contribution in [2.24, 2.45) is 0 Å². The van der Waals surface area contributed by atoms with E-state index < -0.39 is 29.8 Å². The van der Waals surface area contributed by atoms with Gasteiger partial charge in [0.25, 0.3) is 0 Å². The summed E-state index contributed by atoms with van der Waals surface area (Å²) < 4.78 is 45.0. The topological polar surface area (TPSA) is 99.8 Å². The van der Waals surface area contributed by atoms with Gasteiger partial charge in [0.1, 0.15) is 0 Å². The summed E-state index contributed by atoms with van der Waals surface area (Å²) in [5.74, 6) is -0.552. The number of ether oxygens (including phenoxy) is 1. The second-order valence-electron chi connectivity index (χ2n) is 8.73. The van der Waals surface area contributed by atoms with Gasteiger partial charge in [0, 0.05) is 17.9 Å². The van der Waals surface area contributed by atoms with Crippen LogP contribution in [-0.4, -0.2) is 35.6 Å². The van der Waals surface area contributed by atoms with E-state index in [0.717, 1.165) is 12.1 Å². The van der Waals surface area contributed by atoms with Gasteiger partial charge in [-0.15, -0.1) is 0 Å². The lowest BCUT2D eigenvalue weighted by molar-refractivity contribution is -0.143. The van der Waals surface area contributed by atoms with Gasteiger partial charge in [-0.1, -0.05) is 31.2 Å². The Morgan fingerprint density at radius 1 is 1.08 bits per heavy atom. The monoisotopic (exact) mass is 518 g/mol. The first-order chi connectivity index (χ1) is 17.4. The fourth-order valence-electron chi connectivity index (χ4n) is 3.95. The molecule has 0 spiro atoms. The molecule has 3 rings (SSSR count). The lowest BCUT2D eigenvalue weighted by Crippen LogP contribution is -2.48. The van der Waals surface area contributed by atoms with Crippen LogP contribution in [0.5, 0.6) is 0 Å². The average molecular weight is 519 g/mol. The summed E-state index contributed by atoms with van der Waals surface area (Å²) in [6.07, 6.45) is -4.29. The van der Waals surface area contributed by atoms with Crippen LogP contribution >= 0.6 is 0 Å². The predicted molar refractivity (Wildman–Crippen MR) is 133 cm³/mol. The van der Waals surface area contributed by atoms with Gasteiger partial charge in [0.15, 0.2) is 0 Å². The molecule has 198 valence electrons. The number of nitrogens with zero attached hydrogens (tertiary/aromatic N) is 1. The molecule has 0 radical (unpaired) electrons. The van der Waals surface area contributed by atoms with E-state index in [4.69, 9.17) is 4.74 Å². The maximum Gasteiger partial charge on any atom is 0.418 e. The smallest absolute Gasteiger partial charge is 0.418 e. The van der Waals surface area contributed by atoms with E-state index in [-0.39, 0.29) is 17.8 Å². The Morgan fingerprint density at radius 3 is 2.32 bits per heavy atom. The highest BCUT2D eigenvalue weighted by Gasteiger charge is 2.36. The molecule has 0 aromatic heterocycles. The lowest BCUT2D eigenvalue weighted by atomic mass is 9.94. The number of rotatable bonds is 7. The van der Waals surface area contributed by atoms with E-state index in [9.17, 15) is 27.6 Å². The summed E-state index contributed by atoms with van der Waals surface area (Å²) in [6.45, 7) is 7.50. The average Bonchev–Trinajstić information content (AvgIpc) is 2.81. The molecule has 11 heteroatoms. The Bertz CT molecular complexity index is 1190. The van der Waals surface area contributed by atoms with Gasteiger partial charge >= 0.3 is 24.2 Å². The zero-order chi connectivity index (χ0) is 27.3. The molecule has 3 N–H and O–H groups in total. The molecule has 1 heterocycles. The molecule has 4 amide bonds. The highest BCUT2D eigenvalue weighted by atomic mass is 19.4. The van der Waals surface area contributed by atoms with Crippen molar-refractivity contribution in [1.82, 2.24) is 10.2 Å². The number of esters is 1. The standard InChI is InChI=1S/C26H29F3N4O4/c1-5-14-33-16(4)21(23(34)37-15(2)3)22(32-25(33)36)17-10-12-18(13-11-17)30-24(35)31-20-9-7-6-8-19(20)26(27,28)29/h6-13,15,22H,5,14H2,1-4H3,(H,32,36)(H2,30,31,35). The van der Waals surface area contributed by atoms with Gasteiger partial charge in [0.05, 0.1) is 29.0 Å². The van der Waals surface area contributed by atoms with Crippen LogP contribution in [-0.2, 0) is 15.7 Å². The number of benzene rings is 2. The van der Waals surface area contributed by atoms with Gasteiger partial charge in [-0.3, -0.25) is 4.90 Å². The van der Waals surface area contributed by atoms with Crippen LogP contribution in [0.15, 0.2) is 59.8 Å². The number of urea groups is 2. The number of hydrogen-bond acceptors (Lipinski definition) is 4. The van der Waals surface area contributed by atoms with Crippen LogP contribution in [0.4, 0.5) is 34.1 Å². The fourth-order valence-corrected chi connectivity index (χ4v) is 3.95. The van der Waals surface area contributed by atoms with Gasteiger partial charge < -0.3 is 20.7 Å². The molecule has 37 heavy (non-hydrogen) atoms. The van der Waals surface area contributed by atoms with Crippen molar-refractivity contribution in [2.45, 2.75) is 52.4 Å². The number of carbonyl (C=O) groups excluding carboxylic acids is 3. The van der Waals surface area contributed by atoms with E-state index in [1.165, 1.54) is 29.2 Å². The van der Waals surface area contributed by atoms with Crippen LogP contribution in [0.3, 0.4) is 0 Å². The Hall–Kier alpha value is -4.02. The Labute approximate surface area is 212 Å². The van der Waals surface area contributed by atoms with Crippen molar-refractivity contribution in [2.75, 3.05) is 17.2 Å². The van der Waals surface area contributed by atoms with Crippen LogP contribution < -0.4 is 16.0 Å². The largest absolute Gasteiger partial charge is 0.459 e. The number of carbonyl (C=O) groups is 3. The van der Waals surface area contributed by atoms with Gasteiger partial charge in [0.2, 0.25) is 0 Å². The number of alkyl halides is 3. The first-order valence-electron chi connectivity index (χ1n) is 11.8. The van der Waals surface area contributed by atoms with Gasteiger partial charge in [-0.05, 0) is 57.0 Å². The van der Waals surface area contributed by atoms with E-state index in [2.05, 4.69) is 16.0 Å². The quantitative estimate of drug-likeness (QED) is 0.389. The summed E-state index contributed by atoms with van der Waals surface area (Å²) >= 11 is 0. The molecule has 0 saturated heterocycles. The lowest BCUT2D eigenvalue weighted by Gasteiger charge is -2.35. The van der Waals surface area contributed by atoms with Crippen LogP contribution in [0.1, 0.15) is 51.3 Å². The molecule has 0 bridgehead atoms. The Kier molecular flexibility index (Phi) is 8.46. The SMILES string of the molecule is CCCN1C(=O)NC(c2ccc(NC(=O)Nc3ccccc3C(F)(F)F)cc2)C(C(=O)OC(C)C)=C1C. The number of nitrogens with one attached hydrogen (secondary N) is 3. The molecular formula is C26H29F3N4O4. The van der Waals surface area contributed by atoms with Crippen molar-refractivity contribution in [1.29, 1.82) is 0 Å². The molecule has 1 aliphatic rings. The third-order valence-electron chi connectivity index (χ3n) is 5.59. The molecule has 0 fully saturated rings. The second-order valence-corrected chi connectivity index (χ2v) is 8.73. The van der Waals surface area contributed by atoms with Crippen molar-refractivity contribution in [3.63, 3.8) is 0 Å². The summed E-state index contributed by atoms with van der Waals surface area (Å²) in [5.41, 5.74) is 0.309. The Morgan fingerprint density at radius 2 is 1.73 bits per heavy atom. The molecule has 2 aromatic carbocycles. The number of halogens is 3. The van der Waals surface area contributed by atoms with Crippen LogP contribution in [0.25, 0.3) is 0 Å². The predicted octanol–water partition coefficient (Wildman–Crippen LogP) is 6.05. The summed E-state index contributed by atoms with van der Waals surface area (Å²) in [6, 6.07) is 8.92. The zero-order valence-corrected chi connectivity index (χ0v) is 20.9. The minimum atomic E-state index is -4.62. The number of anilines is 2. The van der Waals surface area contributed by atoms with E-state index in [0.29, 0.717) is 35.5 Å². The van der Waals surface area contributed by atoms with Crippen LogP contribution in [0.2, 0.25) is 0 Å². The molecule has 0 saturated carbocycles. The number of amides is 4. The molecular weight excluding hydrogens is 489 g/mol. The molecule has 0 aliphatic carbocycles. The number of para-hydroxylation sites is 1. The first kappa shape index (κ1) is 27.6. The Balaban J connectivity index is 1.81. The first-order valence-corrected chi connectivity index (χ1v) is 11.8. The summed E-state index contributed by atoms with van der Waals surface area (Å²) in [5, 5.41) is 7.53. The maximum absolute atomic E-state index is 13.2. The number of allylic oxidation sites excluding steroid dienone is 1. The zero-order valence-electron chi connectivity index (χ0n) is 20.9. The minimum absolute atomic E-state index is 0.295. The third kappa shape index (κ3) is 6.60. The van der Waals surface area contributed by atoms with Crippen LogP contribution in [0, 0.1) is 0 Å². The molecule has 8 nitrogen and oxygen atoms in total. The second kappa shape index (κ2) is 11.4. The highest BCUT2D eigenvalue weighted by Crippen LogP contribution is 2.35. The molecule has 1 unspecified atom stereocenters. The fraction of sp³-hybridized carbons (Fsp3) is 0.346. The highest BCUT2D eigenvalue weighted by molar-refractivity contribution is 6.00. The molecule has 1 atom stereocenters. The van der Waals surface area contributed by atoms with Gasteiger partial charge in [-0.25, -0.2) is 14.4 Å². The number of hydrogen-bond donors (Lipinski definition) is 3. The summed E-state index contributed by atoms with van der Waals surface area (Å²) in [4.78, 5) is 39.5. The van der Waals surface area contributed by atoms with Gasteiger partial charge in [-0.2, -0.15) is 13.2 Å². The maximum atomic E-state index is 13.2. The van der Waals surface area contributed by atoms with E-state index in [1.807, 2.05) is 6.92 Å². The summed E-state index contributed by atoms with van der Waals surface area (Å²) in [7, 11) is 0. The van der Waals surface area contributed by atoms with Crippen molar-refractivity contribution in [3.05, 3.63) is 70.9 Å². The van der Waals surface area contributed by atoms with Crippen molar-refractivity contribution < 1.29 is 32.3 Å². The van der Waals surface area contributed by atoms with Crippen molar-refractivity contribution in [3.8, 4) is 0 Å². The third-order valence-corrected chi connectivity index (χ3v) is 5.59. The minimum Gasteiger partial charge on any atom is -0.459 e.